The lowest BCUT2D eigenvalue weighted by molar-refractivity contribution is -0.124. The molecule has 1 atom stereocenters. The summed E-state index contributed by atoms with van der Waals surface area (Å²) in [5.41, 5.74) is 0.588. The normalized spacial score (nSPS) is 20.6. The second-order valence-electron chi connectivity index (χ2n) is 5.88. The quantitative estimate of drug-likeness (QED) is 0.728. The number of likely N-dealkylation sites (tertiary alicyclic amines) is 1. The number of nitrogens with one attached hydrogen (secondary N) is 2. The molecule has 1 unspecified atom stereocenters. The molecule has 138 valence electrons. The highest BCUT2D eigenvalue weighted by Gasteiger charge is 2.38. The zero-order valence-corrected chi connectivity index (χ0v) is 15.7. The Balaban J connectivity index is 0.00000225. The van der Waals surface area contributed by atoms with Crippen LogP contribution in [0.5, 0.6) is 0 Å². The summed E-state index contributed by atoms with van der Waals surface area (Å²) >= 11 is 0. The molecule has 1 amide bonds. The third-order valence-electron chi connectivity index (χ3n) is 4.29. The molecule has 7 nitrogen and oxygen atoms in total. The van der Waals surface area contributed by atoms with Gasteiger partial charge in [0.1, 0.15) is 10.9 Å². The fourth-order valence-corrected chi connectivity index (χ4v) is 4.37. The van der Waals surface area contributed by atoms with Crippen LogP contribution in [0, 0.1) is 0 Å². The zero-order chi connectivity index (χ0) is 17.2. The number of rotatable bonds is 5. The topological polar surface area (TPSA) is 90.9 Å². The van der Waals surface area contributed by atoms with Crippen molar-refractivity contribution in [2.45, 2.75) is 30.7 Å². The number of amides is 1. The van der Waals surface area contributed by atoms with E-state index in [4.69, 9.17) is 0 Å². The Hall–Kier alpha value is -1.64. The number of likely N-dealkylation sites (N-methyl/N-ethyl adjacent to an activating group) is 1. The number of carbonyl (C=O) groups is 1. The summed E-state index contributed by atoms with van der Waals surface area (Å²) in [5, 5.41) is 6.06. The maximum atomic E-state index is 12.5. The Kier molecular flexibility index (Phi) is 6.42. The highest BCUT2D eigenvalue weighted by atomic mass is 35.5. The Morgan fingerprint density at radius 1 is 1.32 bits per heavy atom. The molecule has 1 aromatic rings. The predicted molar refractivity (Wildman–Crippen MR) is 98.7 cm³/mol. The molecular formula is C16H23ClN4O3S. The summed E-state index contributed by atoms with van der Waals surface area (Å²) in [6.45, 7) is 4.77. The zero-order valence-electron chi connectivity index (χ0n) is 14.1. The van der Waals surface area contributed by atoms with Gasteiger partial charge in [-0.2, -0.15) is 8.42 Å². The number of amidine groups is 1. The van der Waals surface area contributed by atoms with Gasteiger partial charge in [-0.3, -0.25) is 4.79 Å². The van der Waals surface area contributed by atoms with Gasteiger partial charge >= 0.3 is 0 Å². The molecule has 0 aromatic heterocycles. The van der Waals surface area contributed by atoms with Gasteiger partial charge in [0.05, 0.1) is 0 Å². The van der Waals surface area contributed by atoms with E-state index in [1.165, 1.54) is 0 Å². The standard InChI is InChI=1S/C16H22N4O3S.ClH/c1-2-17-9-10-18-16(21)13-7-5-11-20(13)15-12-6-3-4-8-14(12)24(22,23)19-15;/h3-4,6,8,13,17H,2,5,7,9-11H2,1H3,(H,18,21);1H. The van der Waals surface area contributed by atoms with Crippen molar-refractivity contribution in [3.05, 3.63) is 29.8 Å². The molecule has 0 radical (unpaired) electrons. The van der Waals surface area contributed by atoms with Crippen LogP contribution in [-0.4, -0.2) is 57.3 Å². The minimum absolute atomic E-state index is 0. The fraction of sp³-hybridized carbons (Fsp3) is 0.500. The van der Waals surface area contributed by atoms with Crippen molar-refractivity contribution in [1.29, 1.82) is 0 Å². The third kappa shape index (κ3) is 3.96. The number of sulfonamides is 1. The fourth-order valence-electron chi connectivity index (χ4n) is 3.16. The highest BCUT2D eigenvalue weighted by molar-refractivity contribution is 7.90. The maximum Gasteiger partial charge on any atom is 0.285 e. The molecule has 1 aromatic carbocycles. The van der Waals surface area contributed by atoms with E-state index < -0.39 is 10.0 Å². The lowest BCUT2D eigenvalue weighted by Crippen LogP contribution is -2.47. The minimum Gasteiger partial charge on any atom is -0.353 e. The van der Waals surface area contributed by atoms with Crippen molar-refractivity contribution in [3.63, 3.8) is 0 Å². The number of benzene rings is 1. The molecule has 3 rings (SSSR count). The Bertz CT molecular complexity index is 766. The molecule has 0 aliphatic carbocycles. The Morgan fingerprint density at radius 2 is 2.08 bits per heavy atom. The van der Waals surface area contributed by atoms with E-state index in [1.807, 2.05) is 11.8 Å². The van der Waals surface area contributed by atoms with Gasteiger partial charge in [-0.15, -0.1) is 16.8 Å². The van der Waals surface area contributed by atoms with Crippen molar-refractivity contribution >= 4 is 34.2 Å². The molecule has 2 aliphatic heterocycles. The second kappa shape index (κ2) is 8.16. The van der Waals surface area contributed by atoms with Crippen molar-refractivity contribution in [2.24, 2.45) is 4.40 Å². The summed E-state index contributed by atoms with van der Waals surface area (Å²) in [5.74, 6) is 0.324. The van der Waals surface area contributed by atoms with Crippen LogP contribution < -0.4 is 10.6 Å². The minimum atomic E-state index is -3.66. The van der Waals surface area contributed by atoms with Gasteiger partial charge in [-0.25, -0.2) is 0 Å². The van der Waals surface area contributed by atoms with E-state index in [-0.39, 0.29) is 29.3 Å². The lowest BCUT2D eigenvalue weighted by atomic mass is 10.1. The number of hydrogen-bond donors (Lipinski definition) is 2. The Morgan fingerprint density at radius 3 is 2.84 bits per heavy atom. The van der Waals surface area contributed by atoms with E-state index in [9.17, 15) is 13.2 Å². The van der Waals surface area contributed by atoms with Gasteiger partial charge in [0, 0.05) is 25.2 Å². The molecule has 2 heterocycles. The van der Waals surface area contributed by atoms with Crippen molar-refractivity contribution in [2.75, 3.05) is 26.2 Å². The number of halogens is 1. The second-order valence-corrected chi connectivity index (χ2v) is 7.45. The van der Waals surface area contributed by atoms with Crippen LogP contribution in [0.2, 0.25) is 0 Å². The molecule has 0 saturated carbocycles. The monoisotopic (exact) mass is 386 g/mol. The molecule has 2 aliphatic rings. The molecule has 1 fully saturated rings. The van der Waals surface area contributed by atoms with E-state index >= 15 is 0 Å². The first-order chi connectivity index (χ1) is 11.5. The van der Waals surface area contributed by atoms with Crippen molar-refractivity contribution in [1.82, 2.24) is 15.5 Å². The van der Waals surface area contributed by atoms with E-state index in [0.717, 1.165) is 13.0 Å². The third-order valence-corrected chi connectivity index (χ3v) is 5.62. The van der Waals surface area contributed by atoms with Crippen molar-refractivity contribution < 1.29 is 13.2 Å². The molecule has 1 saturated heterocycles. The summed E-state index contributed by atoms with van der Waals surface area (Å²) in [6, 6.07) is 6.41. The van der Waals surface area contributed by atoms with Crippen LogP contribution in [0.3, 0.4) is 0 Å². The molecule has 0 bridgehead atoms. The summed E-state index contributed by atoms with van der Waals surface area (Å²) in [6.07, 6.45) is 1.54. The summed E-state index contributed by atoms with van der Waals surface area (Å²) < 4.78 is 28.4. The van der Waals surface area contributed by atoms with Gasteiger partial charge in [0.2, 0.25) is 5.91 Å². The molecule has 9 heteroatoms. The number of hydrogen-bond acceptors (Lipinski definition) is 5. The van der Waals surface area contributed by atoms with Crippen LogP contribution in [-0.2, 0) is 14.8 Å². The lowest BCUT2D eigenvalue weighted by Gasteiger charge is -2.25. The number of fused-ring (bicyclic) bond motifs is 1. The predicted octanol–water partition coefficient (Wildman–Crippen LogP) is 0.747. The van der Waals surface area contributed by atoms with Crippen LogP contribution in [0.25, 0.3) is 0 Å². The highest BCUT2D eigenvalue weighted by Crippen LogP contribution is 2.31. The van der Waals surface area contributed by atoms with Gasteiger partial charge in [-0.1, -0.05) is 19.1 Å². The van der Waals surface area contributed by atoms with Gasteiger partial charge < -0.3 is 15.5 Å². The van der Waals surface area contributed by atoms with E-state index in [2.05, 4.69) is 15.0 Å². The smallest absolute Gasteiger partial charge is 0.285 e. The first-order valence-corrected chi connectivity index (χ1v) is 9.68. The van der Waals surface area contributed by atoms with Crippen molar-refractivity contribution in [3.8, 4) is 0 Å². The molecule has 0 spiro atoms. The largest absolute Gasteiger partial charge is 0.353 e. The van der Waals surface area contributed by atoms with E-state index in [1.54, 1.807) is 24.3 Å². The first-order valence-electron chi connectivity index (χ1n) is 8.24. The first kappa shape index (κ1) is 19.7. The average Bonchev–Trinajstić information content (AvgIpc) is 3.15. The molecule has 25 heavy (non-hydrogen) atoms. The van der Waals surface area contributed by atoms with Crippen LogP contribution >= 0.6 is 12.4 Å². The Labute approximate surface area is 154 Å². The van der Waals surface area contributed by atoms with Gasteiger partial charge in [0.25, 0.3) is 10.0 Å². The van der Waals surface area contributed by atoms with Gasteiger partial charge in [-0.05, 0) is 31.5 Å². The average molecular weight is 387 g/mol. The molecular weight excluding hydrogens is 364 g/mol. The number of nitrogens with zero attached hydrogens (tertiary/aromatic N) is 2. The maximum absolute atomic E-state index is 12.5. The SMILES string of the molecule is CCNCCNC(=O)C1CCCN1C1=NS(=O)(=O)c2ccccc21.Cl. The van der Waals surface area contributed by atoms with Crippen LogP contribution in [0.4, 0.5) is 0 Å². The number of carbonyl (C=O) groups excluding carboxylic acids is 1. The van der Waals surface area contributed by atoms with Gasteiger partial charge in [0.15, 0.2) is 5.84 Å². The van der Waals surface area contributed by atoms with Crippen LogP contribution in [0.15, 0.2) is 33.6 Å². The summed E-state index contributed by atoms with van der Waals surface area (Å²) in [7, 11) is -3.66. The molecule has 2 N–H and O–H groups in total. The summed E-state index contributed by atoms with van der Waals surface area (Å²) in [4.78, 5) is 14.5. The van der Waals surface area contributed by atoms with Crippen LogP contribution in [0.1, 0.15) is 25.3 Å². The van der Waals surface area contributed by atoms with E-state index in [0.29, 0.717) is 37.5 Å².